The molecule has 0 radical (unpaired) electrons. The molecule has 8 heteroatoms. The molecule has 0 bridgehead atoms. The number of carboxylic acid groups (broad SMARTS) is 1. The average molecular weight is 381 g/mol. The summed E-state index contributed by atoms with van der Waals surface area (Å²) < 4.78 is 1.69. The van der Waals surface area contributed by atoms with Crippen LogP contribution in [0.4, 0.5) is 0 Å². The van der Waals surface area contributed by atoms with E-state index in [4.69, 9.17) is 17.3 Å². The molecule has 7 nitrogen and oxygen atoms in total. The Bertz CT molecular complexity index is 1010. The number of nitrogens with zero attached hydrogens (tertiary/aromatic N) is 2. The molecule has 1 aromatic heterocycles. The van der Waals surface area contributed by atoms with Crippen LogP contribution in [0.1, 0.15) is 16.1 Å². The molecule has 136 valence electrons. The van der Waals surface area contributed by atoms with Gasteiger partial charge in [0.2, 0.25) is 0 Å². The van der Waals surface area contributed by atoms with E-state index in [9.17, 15) is 14.4 Å². The second-order valence-corrected chi connectivity index (χ2v) is 6.07. The van der Waals surface area contributed by atoms with Gasteiger partial charge in [-0.05, 0) is 48.6 Å². The summed E-state index contributed by atoms with van der Waals surface area (Å²) in [4.78, 5) is 37.3. The second-order valence-electron chi connectivity index (χ2n) is 5.68. The van der Waals surface area contributed by atoms with E-state index in [1.807, 2.05) is 0 Å². The lowest BCUT2D eigenvalue weighted by atomic mass is 10.1. The normalized spacial score (nSPS) is 15.8. The predicted octanol–water partition coefficient (Wildman–Crippen LogP) is 1.99. The smallest absolute Gasteiger partial charge is 0.335 e. The van der Waals surface area contributed by atoms with Crippen LogP contribution in [0.3, 0.4) is 0 Å². The van der Waals surface area contributed by atoms with Gasteiger partial charge in [0, 0.05) is 24.1 Å². The van der Waals surface area contributed by atoms with Gasteiger partial charge >= 0.3 is 5.97 Å². The Kier molecular flexibility index (Phi) is 5.00. The third-order valence-corrected chi connectivity index (χ3v) is 4.26. The largest absolute Gasteiger partial charge is 0.478 e. The Labute approximate surface area is 160 Å². The summed E-state index contributed by atoms with van der Waals surface area (Å²) in [5.41, 5.74) is 1.20. The lowest BCUT2D eigenvalue weighted by Crippen LogP contribution is -2.53. The number of carboxylic acids is 1. The summed E-state index contributed by atoms with van der Waals surface area (Å²) in [6.45, 7) is 3.76. The molecule has 3 rings (SSSR count). The van der Waals surface area contributed by atoms with Crippen molar-refractivity contribution in [1.29, 1.82) is 0 Å². The van der Waals surface area contributed by atoms with Crippen LogP contribution in [0.15, 0.2) is 60.8 Å². The molecule has 0 atom stereocenters. The molecule has 0 aliphatic carbocycles. The first-order chi connectivity index (χ1) is 12.9. The summed E-state index contributed by atoms with van der Waals surface area (Å²) in [5.74, 6) is -2.15. The lowest BCUT2D eigenvalue weighted by molar-refractivity contribution is -0.128. The number of hydrogen-bond acceptors (Lipinski definition) is 4. The van der Waals surface area contributed by atoms with Crippen LogP contribution in [0.25, 0.3) is 11.8 Å². The number of nitrogens with one attached hydrogen (secondary N) is 1. The van der Waals surface area contributed by atoms with Crippen LogP contribution >= 0.6 is 12.2 Å². The standard InChI is InChI=1S/C19H15N3O4S/c1-2-8-22-17(24)15(16(23)20-19(22)27)11-14-7-4-9-21(14)13-6-3-5-12(10-13)18(25)26/h2-7,9-11H,1,8H2,(H,25,26)(H,20,23,27). The van der Waals surface area contributed by atoms with Crippen LogP contribution < -0.4 is 5.32 Å². The summed E-state index contributed by atoms with van der Waals surface area (Å²) >= 11 is 5.03. The first kappa shape index (κ1) is 18.3. The fraction of sp³-hybridized carbons (Fsp3) is 0.0526. The topological polar surface area (TPSA) is 91.6 Å². The van der Waals surface area contributed by atoms with E-state index in [0.717, 1.165) is 0 Å². The highest BCUT2D eigenvalue weighted by Crippen LogP contribution is 2.19. The van der Waals surface area contributed by atoms with Crippen molar-refractivity contribution in [2.45, 2.75) is 0 Å². The molecule has 1 aromatic carbocycles. The molecule has 0 saturated carbocycles. The number of carbonyl (C=O) groups is 3. The van der Waals surface area contributed by atoms with Crippen molar-refractivity contribution in [2.75, 3.05) is 6.54 Å². The van der Waals surface area contributed by atoms with Gasteiger partial charge in [0.1, 0.15) is 5.57 Å². The van der Waals surface area contributed by atoms with Crippen molar-refractivity contribution < 1.29 is 19.5 Å². The van der Waals surface area contributed by atoms with Gasteiger partial charge in [0.25, 0.3) is 11.8 Å². The molecule has 1 aliphatic rings. The average Bonchev–Trinajstić information content (AvgIpc) is 3.10. The Balaban J connectivity index is 2.02. The maximum absolute atomic E-state index is 12.6. The highest BCUT2D eigenvalue weighted by Gasteiger charge is 2.32. The lowest BCUT2D eigenvalue weighted by Gasteiger charge is -2.27. The fourth-order valence-corrected chi connectivity index (χ4v) is 2.92. The number of thiocarbonyl (C=S) groups is 1. The summed E-state index contributed by atoms with van der Waals surface area (Å²) in [6, 6.07) is 9.80. The minimum absolute atomic E-state index is 0.0339. The van der Waals surface area contributed by atoms with Gasteiger partial charge in [-0.3, -0.25) is 19.8 Å². The van der Waals surface area contributed by atoms with Crippen molar-refractivity contribution in [2.24, 2.45) is 0 Å². The fourth-order valence-electron chi connectivity index (χ4n) is 2.67. The maximum atomic E-state index is 12.6. The second kappa shape index (κ2) is 7.38. The highest BCUT2D eigenvalue weighted by atomic mass is 32.1. The number of aromatic carboxylic acids is 1. The summed E-state index contributed by atoms with van der Waals surface area (Å²) in [6.07, 6.45) is 4.67. The number of hydrogen-bond donors (Lipinski definition) is 2. The third kappa shape index (κ3) is 3.56. The molecule has 2 aromatic rings. The zero-order valence-electron chi connectivity index (χ0n) is 14.1. The van der Waals surface area contributed by atoms with Crippen molar-refractivity contribution in [3.05, 3.63) is 72.1 Å². The molecule has 2 heterocycles. The van der Waals surface area contributed by atoms with Crippen LogP contribution in [-0.2, 0) is 9.59 Å². The molecule has 2 N–H and O–H groups in total. The van der Waals surface area contributed by atoms with E-state index in [-0.39, 0.29) is 22.8 Å². The van der Waals surface area contributed by atoms with E-state index in [1.54, 1.807) is 35.0 Å². The number of amides is 2. The molecular weight excluding hydrogens is 366 g/mol. The third-order valence-electron chi connectivity index (χ3n) is 3.94. The Morgan fingerprint density at radius 1 is 1.26 bits per heavy atom. The van der Waals surface area contributed by atoms with E-state index in [1.165, 1.54) is 29.2 Å². The van der Waals surface area contributed by atoms with Crippen molar-refractivity contribution in [1.82, 2.24) is 14.8 Å². The van der Waals surface area contributed by atoms with Gasteiger partial charge in [-0.2, -0.15) is 0 Å². The Morgan fingerprint density at radius 2 is 2.04 bits per heavy atom. The Hall–Kier alpha value is -3.52. The van der Waals surface area contributed by atoms with Crippen molar-refractivity contribution in [3.63, 3.8) is 0 Å². The first-order valence-corrected chi connectivity index (χ1v) is 8.34. The monoisotopic (exact) mass is 381 g/mol. The molecule has 0 unspecified atom stereocenters. The molecule has 2 amide bonds. The van der Waals surface area contributed by atoms with E-state index in [0.29, 0.717) is 11.4 Å². The molecule has 1 fully saturated rings. The van der Waals surface area contributed by atoms with E-state index in [2.05, 4.69) is 11.9 Å². The zero-order chi connectivity index (χ0) is 19.6. The Morgan fingerprint density at radius 3 is 2.74 bits per heavy atom. The summed E-state index contributed by atoms with van der Waals surface area (Å²) in [7, 11) is 0. The van der Waals surface area contributed by atoms with Gasteiger partial charge in [-0.15, -0.1) is 6.58 Å². The zero-order valence-corrected chi connectivity index (χ0v) is 14.9. The molecule has 1 aliphatic heterocycles. The van der Waals surface area contributed by atoms with Crippen LogP contribution in [0.2, 0.25) is 0 Å². The SMILES string of the molecule is C=CCN1C(=O)C(=Cc2cccn2-c2cccc(C(=O)O)c2)C(=O)NC1=S. The first-order valence-electron chi connectivity index (χ1n) is 7.93. The maximum Gasteiger partial charge on any atom is 0.335 e. The predicted molar refractivity (Wildman–Crippen MR) is 103 cm³/mol. The van der Waals surface area contributed by atoms with Gasteiger partial charge in [0.05, 0.1) is 5.56 Å². The number of carbonyl (C=O) groups excluding carboxylic acids is 2. The molecule has 1 saturated heterocycles. The van der Waals surface area contributed by atoms with Crippen LogP contribution in [-0.4, -0.2) is 44.0 Å². The number of rotatable bonds is 5. The van der Waals surface area contributed by atoms with Crippen LogP contribution in [0.5, 0.6) is 0 Å². The van der Waals surface area contributed by atoms with Gasteiger partial charge in [0.15, 0.2) is 5.11 Å². The summed E-state index contributed by atoms with van der Waals surface area (Å²) in [5, 5.41) is 11.7. The van der Waals surface area contributed by atoms with E-state index >= 15 is 0 Å². The quantitative estimate of drug-likeness (QED) is 0.358. The van der Waals surface area contributed by atoms with Crippen molar-refractivity contribution in [3.8, 4) is 5.69 Å². The number of benzene rings is 1. The number of aromatic nitrogens is 1. The minimum Gasteiger partial charge on any atom is -0.478 e. The minimum atomic E-state index is -1.04. The van der Waals surface area contributed by atoms with Gasteiger partial charge in [-0.25, -0.2) is 4.79 Å². The molecule has 27 heavy (non-hydrogen) atoms. The van der Waals surface area contributed by atoms with Gasteiger partial charge < -0.3 is 9.67 Å². The van der Waals surface area contributed by atoms with Crippen LogP contribution in [0, 0.1) is 0 Å². The highest BCUT2D eigenvalue weighted by molar-refractivity contribution is 7.80. The van der Waals surface area contributed by atoms with E-state index < -0.39 is 17.8 Å². The van der Waals surface area contributed by atoms with Gasteiger partial charge in [-0.1, -0.05) is 12.1 Å². The van der Waals surface area contributed by atoms with Crippen molar-refractivity contribution >= 4 is 41.2 Å². The molecular formula is C19H15N3O4S. The molecule has 0 spiro atoms.